The van der Waals surface area contributed by atoms with E-state index in [0.717, 1.165) is 39.0 Å². The van der Waals surface area contributed by atoms with E-state index in [4.69, 9.17) is 5.73 Å². The molecule has 0 saturated carbocycles. The van der Waals surface area contributed by atoms with Crippen molar-refractivity contribution in [1.29, 1.82) is 0 Å². The van der Waals surface area contributed by atoms with Crippen molar-refractivity contribution in [2.24, 2.45) is 5.73 Å². The zero-order valence-electron chi connectivity index (χ0n) is 9.34. The van der Waals surface area contributed by atoms with Gasteiger partial charge in [0.25, 0.3) is 0 Å². The molecule has 0 bridgehead atoms. The van der Waals surface area contributed by atoms with Gasteiger partial charge in [-0.2, -0.15) is 0 Å². The topological polar surface area (TPSA) is 41.3 Å². The van der Waals surface area contributed by atoms with Crippen LogP contribution in [0.5, 0.6) is 0 Å². The van der Waals surface area contributed by atoms with Crippen LogP contribution in [0.4, 0.5) is 0 Å². The fourth-order valence-electron chi connectivity index (χ4n) is 1.57. The first-order valence-corrected chi connectivity index (χ1v) is 5.47. The highest BCUT2D eigenvalue weighted by atomic mass is 15.3. The van der Waals surface area contributed by atoms with Gasteiger partial charge in [0, 0.05) is 0 Å². The molecule has 80 valence electrons. The number of hydrogen-bond acceptors (Lipinski definition) is 3. The fraction of sp³-hybridized carbons (Fsp3) is 1.00. The summed E-state index contributed by atoms with van der Waals surface area (Å²) >= 11 is 0. The van der Waals surface area contributed by atoms with Gasteiger partial charge >= 0.3 is 0 Å². The zero-order chi connectivity index (χ0) is 10.1. The second-order valence-electron chi connectivity index (χ2n) is 3.24. The van der Waals surface area contributed by atoms with Gasteiger partial charge < -0.3 is 11.1 Å². The summed E-state index contributed by atoms with van der Waals surface area (Å²) in [4.78, 5) is 2.44. The fourth-order valence-corrected chi connectivity index (χ4v) is 1.57. The summed E-state index contributed by atoms with van der Waals surface area (Å²) in [6.45, 7) is 10.7. The van der Waals surface area contributed by atoms with Crippen molar-refractivity contribution in [3.8, 4) is 0 Å². The molecule has 0 spiro atoms. The van der Waals surface area contributed by atoms with E-state index in [9.17, 15) is 0 Å². The largest absolute Gasteiger partial charge is 0.330 e. The molecule has 3 nitrogen and oxygen atoms in total. The number of nitrogens with one attached hydrogen (secondary N) is 1. The van der Waals surface area contributed by atoms with Gasteiger partial charge in [-0.15, -0.1) is 0 Å². The molecule has 0 fully saturated rings. The van der Waals surface area contributed by atoms with Crippen LogP contribution >= 0.6 is 0 Å². The molecule has 0 heterocycles. The summed E-state index contributed by atoms with van der Waals surface area (Å²) in [5, 5.41) is 3.52. The quantitative estimate of drug-likeness (QED) is 0.440. The molecule has 0 aromatic heterocycles. The Morgan fingerprint density at radius 3 is 2.23 bits per heavy atom. The molecule has 3 heteroatoms. The Morgan fingerprint density at radius 1 is 1.23 bits per heavy atom. The van der Waals surface area contributed by atoms with E-state index in [1.165, 1.54) is 0 Å². The number of nitrogens with zero attached hydrogens (tertiary/aromatic N) is 1. The second-order valence-corrected chi connectivity index (χ2v) is 3.24. The standard InChI is InChI=1S/C10H25N3/c1-4-10(12-9-7-8-11)13(5-2)6-3/h10,12H,4-9,11H2,1-3H3. The summed E-state index contributed by atoms with van der Waals surface area (Å²) in [6.07, 6.45) is 2.76. The summed E-state index contributed by atoms with van der Waals surface area (Å²) in [5.41, 5.74) is 5.44. The maximum atomic E-state index is 5.44. The number of rotatable bonds is 8. The minimum absolute atomic E-state index is 0.529. The van der Waals surface area contributed by atoms with Gasteiger partial charge in [0.15, 0.2) is 0 Å². The van der Waals surface area contributed by atoms with E-state index in [1.807, 2.05) is 0 Å². The monoisotopic (exact) mass is 187 g/mol. The van der Waals surface area contributed by atoms with Gasteiger partial charge in [-0.05, 0) is 39.0 Å². The van der Waals surface area contributed by atoms with E-state index in [0.29, 0.717) is 6.17 Å². The van der Waals surface area contributed by atoms with Crippen LogP contribution in [0, 0.1) is 0 Å². The molecule has 0 aromatic carbocycles. The molecule has 1 atom stereocenters. The second kappa shape index (κ2) is 8.48. The highest BCUT2D eigenvalue weighted by Crippen LogP contribution is 1.99. The van der Waals surface area contributed by atoms with Crippen molar-refractivity contribution in [3.05, 3.63) is 0 Å². The lowest BCUT2D eigenvalue weighted by atomic mass is 10.3. The van der Waals surface area contributed by atoms with Crippen LogP contribution in [0.25, 0.3) is 0 Å². The summed E-state index contributed by atoms with van der Waals surface area (Å²) < 4.78 is 0. The van der Waals surface area contributed by atoms with Crippen molar-refractivity contribution >= 4 is 0 Å². The van der Waals surface area contributed by atoms with Crippen LogP contribution in [0.1, 0.15) is 33.6 Å². The highest BCUT2D eigenvalue weighted by Gasteiger charge is 2.11. The van der Waals surface area contributed by atoms with Crippen LogP contribution in [0.15, 0.2) is 0 Å². The molecule has 13 heavy (non-hydrogen) atoms. The first-order chi connectivity index (χ1) is 6.29. The van der Waals surface area contributed by atoms with Crippen LogP contribution in [-0.2, 0) is 0 Å². The van der Waals surface area contributed by atoms with Crippen molar-refractivity contribution in [1.82, 2.24) is 10.2 Å². The molecule has 1 unspecified atom stereocenters. The summed E-state index contributed by atoms with van der Waals surface area (Å²) in [6, 6.07) is 0. The molecule has 0 aliphatic carbocycles. The predicted molar refractivity (Wildman–Crippen MR) is 58.7 cm³/mol. The Morgan fingerprint density at radius 2 is 1.85 bits per heavy atom. The van der Waals surface area contributed by atoms with Gasteiger partial charge in [-0.25, -0.2) is 0 Å². The molecule has 0 aromatic rings. The zero-order valence-corrected chi connectivity index (χ0v) is 9.34. The SMILES string of the molecule is CCC(NCCCN)N(CC)CC. The number of hydrogen-bond donors (Lipinski definition) is 2. The van der Waals surface area contributed by atoms with E-state index >= 15 is 0 Å². The molecule has 0 aliphatic heterocycles. The van der Waals surface area contributed by atoms with Crippen molar-refractivity contribution in [2.75, 3.05) is 26.2 Å². The lowest BCUT2D eigenvalue weighted by Gasteiger charge is -2.29. The van der Waals surface area contributed by atoms with E-state index in [-0.39, 0.29) is 0 Å². The maximum Gasteiger partial charge on any atom is 0.0594 e. The minimum Gasteiger partial charge on any atom is -0.330 e. The van der Waals surface area contributed by atoms with Crippen LogP contribution in [0.3, 0.4) is 0 Å². The van der Waals surface area contributed by atoms with Gasteiger partial charge in [0.1, 0.15) is 0 Å². The smallest absolute Gasteiger partial charge is 0.0594 e. The minimum atomic E-state index is 0.529. The van der Waals surface area contributed by atoms with E-state index in [1.54, 1.807) is 0 Å². The van der Waals surface area contributed by atoms with Gasteiger partial charge in [0.05, 0.1) is 6.17 Å². The van der Waals surface area contributed by atoms with Crippen LogP contribution < -0.4 is 11.1 Å². The van der Waals surface area contributed by atoms with Gasteiger partial charge in [-0.3, -0.25) is 4.90 Å². The average Bonchev–Trinajstić information content (AvgIpc) is 2.17. The van der Waals surface area contributed by atoms with E-state index < -0.39 is 0 Å². The molecular formula is C10H25N3. The Bertz CT molecular complexity index is 102. The van der Waals surface area contributed by atoms with Crippen molar-refractivity contribution < 1.29 is 0 Å². The first-order valence-electron chi connectivity index (χ1n) is 5.47. The molecular weight excluding hydrogens is 162 g/mol. The van der Waals surface area contributed by atoms with Crippen molar-refractivity contribution in [3.63, 3.8) is 0 Å². The average molecular weight is 187 g/mol. The molecule has 0 saturated heterocycles. The molecule has 0 aliphatic rings. The summed E-state index contributed by atoms with van der Waals surface area (Å²) in [5.74, 6) is 0. The molecule has 3 N–H and O–H groups in total. The third kappa shape index (κ3) is 5.24. The molecule has 0 rings (SSSR count). The third-order valence-corrected chi connectivity index (χ3v) is 2.40. The first kappa shape index (κ1) is 12.9. The molecule has 0 amide bonds. The Labute approximate surface area is 82.7 Å². The van der Waals surface area contributed by atoms with E-state index in [2.05, 4.69) is 31.0 Å². The van der Waals surface area contributed by atoms with Crippen LogP contribution in [0.2, 0.25) is 0 Å². The predicted octanol–water partition coefficient (Wildman–Crippen LogP) is 1.00. The Balaban J connectivity index is 3.71. The molecule has 0 radical (unpaired) electrons. The van der Waals surface area contributed by atoms with Gasteiger partial charge in [0.2, 0.25) is 0 Å². The summed E-state index contributed by atoms with van der Waals surface area (Å²) in [7, 11) is 0. The number of nitrogens with two attached hydrogens (primary N) is 1. The third-order valence-electron chi connectivity index (χ3n) is 2.40. The van der Waals surface area contributed by atoms with Gasteiger partial charge in [-0.1, -0.05) is 20.8 Å². The lowest BCUT2D eigenvalue weighted by Crippen LogP contribution is -2.45. The lowest BCUT2D eigenvalue weighted by molar-refractivity contribution is 0.177. The Kier molecular flexibility index (Phi) is 8.40. The highest BCUT2D eigenvalue weighted by molar-refractivity contribution is 4.65. The Hall–Kier alpha value is -0.120. The van der Waals surface area contributed by atoms with Crippen molar-refractivity contribution in [2.45, 2.75) is 39.8 Å². The maximum absolute atomic E-state index is 5.44. The van der Waals surface area contributed by atoms with Crippen LogP contribution in [-0.4, -0.2) is 37.2 Å². The normalized spacial score (nSPS) is 13.6.